The second-order valence-electron chi connectivity index (χ2n) is 8.28. The summed E-state index contributed by atoms with van der Waals surface area (Å²) in [5, 5.41) is 12.9. The third-order valence-corrected chi connectivity index (χ3v) is 5.59. The number of nitrogens with zero attached hydrogens (tertiary/aromatic N) is 1. The van der Waals surface area contributed by atoms with E-state index in [1.54, 1.807) is 48.1 Å². The Morgan fingerprint density at radius 1 is 0.897 bits per heavy atom. The van der Waals surface area contributed by atoms with Crippen molar-refractivity contribution in [2.45, 2.75) is 38.3 Å². The number of amides is 3. The zero-order chi connectivity index (χ0) is 28.3. The fourth-order valence-corrected chi connectivity index (χ4v) is 3.59. The highest BCUT2D eigenvalue weighted by Crippen LogP contribution is 2.36. The molecule has 0 saturated carbocycles. The van der Waals surface area contributed by atoms with Crippen LogP contribution in [0.3, 0.4) is 0 Å². The van der Waals surface area contributed by atoms with Crippen molar-refractivity contribution >= 4 is 34.9 Å². The van der Waals surface area contributed by atoms with Gasteiger partial charge in [0.05, 0.1) is 17.2 Å². The fourth-order valence-electron chi connectivity index (χ4n) is 3.36. The summed E-state index contributed by atoms with van der Waals surface area (Å²) < 4.78 is 50.5. The third kappa shape index (κ3) is 9.98. The number of nitrogens with one attached hydrogen (secondary N) is 3. The summed E-state index contributed by atoms with van der Waals surface area (Å²) in [5.41, 5.74) is 0.881. The monoisotopic (exact) mass is 566 g/mol. The first-order chi connectivity index (χ1) is 18.6. The van der Waals surface area contributed by atoms with Crippen LogP contribution < -0.4 is 25.6 Å². The van der Waals surface area contributed by atoms with Crippen molar-refractivity contribution in [1.29, 1.82) is 0 Å². The highest BCUT2D eigenvalue weighted by Gasteiger charge is 2.33. The van der Waals surface area contributed by atoms with Crippen LogP contribution in [0.1, 0.15) is 37.7 Å². The maximum Gasteiger partial charge on any atom is 0.417 e. The zero-order valence-corrected chi connectivity index (χ0v) is 21.3. The summed E-state index contributed by atoms with van der Waals surface area (Å²) in [6, 6.07) is 12.0. The number of carbonyl (C=O) groups is 2. The maximum atomic E-state index is 13.0. The summed E-state index contributed by atoms with van der Waals surface area (Å²) in [7, 11) is 0. The molecule has 0 radical (unpaired) electrons. The molecule has 0 fully saturated rings. The van der Waals surface area contributed by atoms with Gasteiger partial charge in [-0.05, 0) is 61.4 Å². The highest BCUT2D eigenvalue weighted by molar-refractivity contribution is 6.31. The van der Waals surface area contributed by atoms with Crippen LogP contribution in [0, 0.1) is 0 Å². The summed E-state index contributed by atoms with van der Waals surface area (Å²) >= 11 is 5.60. The predicted molar refractivity (Wildman–Crippen MR) is 138 cm³/mol. The Morgan fingerprint density at radius 3 is 2.31 bits per heavy atom. The molecule has 1 aromatic heterocycles. The number of aromatic nitrogens is 1. The number of pyridine rings is 1. The molecule has 0 bridgehead atoms. The Morgan fingerprint density at radius 2 is 1.59 bits per heavy atom. The molecule has 2 aromatic carbocycles. The number of carbonyl (C=O) groups excluding carboxylic acids is 2. The van der Waals surface area contributed by atoms with Crippen LogP contribution in [0.25, 0.3) is 0 Å². The molecule has 0 aliphatic heterocycles. The topological polar surface area (TPSA) is 122 Å². The summed E-state index contributed by atoms with van der Waals surface area (Å²) in [6.07, 6.45) is 0.319. The lowest BCUT2D eigenvalue weighted by Crippen LogP contribution is -2.19. The molecule has 0 atom stereocenters. The second kappa shape index (κ2) is 14.2. The molecule has 0 spiro atoms. The largest absolute Gasteiger partial charge is 0.478 e. The lowest BCUT2D eigenvalue weighted by Gasteiger charge is -2.13. The van der Waals surface area contributed by atoms with E-state index in [2.05, 4.69) is 15.6 Å². The molecule has 4 N–H and O–H groups in total. The number of benzene rings is 2. The van der Waals surface area contributed by atoms with Crippen molar-refractivity contribution in [2.24, 2.45) is 0 Å². The molecule has 3 aromatic rings. The lowest BCUT2D eigenvalue weighted by molar-refractivity contribution is -0.137. The van der Waals surface area contributed by atoms with Gasteiger partial charge < -0.3 is 20.1 Å². The molecule has 0 saturated heterocycles. The summed E-state index contributed by atoms with van der Waals surface area (Å²) in [6.45, 7) is 0.443. The predicted octanol–water partition coefficient (Wildman–Crippen LogP) is 7.02. The molecule has 13 heteroatoms. The van der Waals surface area contributed by atoms with E-state index in [4.69, 9.17) is 26.3 Å². The molecule has 1 heterocycles. The number of alkyl halides is 3. The van der Waals surface area contributed by atoms with Crippen LogP contribution in [-0.2, 0) is 11.0 Å². The van der Waals surface area contributed by atoms with E-state index in [9.17, 15) is 22.8 Å². The van der Waals surface area contributed by atoms with Gasteiger partial charge >= 0.3 is 12.2 Å². The fraction of sp³-hybridized carbons (Fsp3) is 0.269. The van der Waals surface area contributed by atoms with Gasteiger partial charge in [-0.25, -0.2) is 15.3 Å². The van der Waals surface area contributed by atoms with Crippen molar-refractivity contribution in [1.82, 2.24) is 10.5 Å². The minimum Gasteiger partial charge on any atom is -0.478 e. The van der Waals surface area contributed by atoms with E-state index in [0.717, 1.165) is 31.4 Å². The Hall–Kier alpha value is -4.03. The molecule has 208 valence electrons. The molecule has 3 amide bonds. The first-order valence-corrected chi connectivity index (χ1v) is 12.3. The van der Waals surface area contributed by atoms with Crippen molar-refractivity contribution in [2.75, 3.05) is 17.2 Å². The van der Waals surface area contributed by atoms with E-state index in [1.807, 2.05) is 0 Å². The summed E-state index contributed by atoms with van der Waals surface area (Å²) in [4.78, 5) is 27.3. The van der Waals surface area contributed by atoms with Crippen molar-refractivity contribution in [3.05, 3.63) is 71.4 Å². The standard InChI is InChI=1S/C26H26ClF3N4O5/c27-22-11-8-18(15-21(22)26(28,29)30)33-25(36)32-17-6-9-19(10-7-17)39-20-12-13-31-24(16-20)38-14-4-2-1-3-5-23(35)34-37/h6-13,15-16,37H,1-5,14H2,(H,34,35)(H2,32,33,36). The maximum absolute atomic E-state index is 13.0. The summed E-state index contributed by atoms with van der Waals surface area (Å²) in [5.74, 6) is 0.941. The van der Waals surface area contributed by atoms with Crippen LogP contribution in [-0.4, -0.2) is 28.7 Å². The highest BCUT2D eigenvalue weighted by atomic mass is 35.5. The Kier molecular flexibility index (Phi) is 10.8. The van der Waals surface area contributed by atoms with Gasteiger partial charge in [-0.2, -0.15) is 13.2 Å². The van der Waals surface area contributed by atoms with Crippen LogP contribution in [0.5, 0.6) is 17.4 Å². The Labute approximate surface area is 227 Å². The van der Waals surface area contributed by atoms with Gasteiger partial charge in [-0.1, -0.05) is 24.4 Å². The molecule has 0 aliphatic rings. The van der Waals surface area contributed by atoms with Crippen LogP contribution in [0.2, 0.25) is 5.02 Å². The number of hydrogen-bond donors (Lipinski definition) is 4. The van der Waals surface area contributed by atoms with E-state index < -0.39 is 28.7 Å². The number of halogens is 4. The van der Waals surface area contributed by atoms with Crippen molar-refractivity contribution in [3.8, 4) is 17.4 Å². The van der Waals surface area contributed by atoms with Crippen LogP contribution in [0.4, 0.5) is 29.3 Å². The minimum atomic E-state index is -4.65. The van der Waals surface area contributed by atoms with E-state index in [-0.39, 0.29) is 12.1 Å². The van der Waals surface area contributed by atoms with Gasteiger partial charge in [0.15, 0.2) is 0 Å². The second-order valence-corrected chi connectivity index (χ2v) is 8.68. The van der Waals surface area contributed by atoms with Crippen LogP contribution in [0.15, 0.2) is 60.8 Å². The van der Waals surface area contributed by atoms with Gasteiger partial charge in [-0.15, -0.1) is 0 Å². The van der Waals surface area contributed by atoms with Gasteiger partial charge in [0, 0.05) is 30.1 Å². The quantitative estimate of drug-likeness (QED) is 0.106. The average Bonchev–Trinajstić information content (AvgIpc) is 2.89. The first kappa shape index (κ1) is 29.5. The van der Waals surface area contributed by atoms with Gasteiger partial charge in [0.2, 0.25) is 11.8 Å². The molecule has 0 aliphatic carbocycles. The number of ether oxygens (including phenoxy) is 2. The third-order valence-electron chi connectivity index (χ3n) is 5.26. The van der Waals surface area contributed by atoms with Crippen LogP contribution >= 0.6 is 11.6 Å². The van der Waals surface area contributed by atoms with Gasteiger partial charge in [-0.3, -0.25) is 10.0 Å². The van der Waals surface area contributed by atoms with E-state index >= 15 is 0 Å². The SMILES string of the molecule is O=C(CCCCCCOc1cc(Oc2ccc(NC(=O)Nc3ccc(Cl)c(C(F)(F)F)c3)cc2)ccn1)NO. The lowest BCUT2D eigenvalue weighted by atomic mass is 10.1. The molecule has 39 heavy (non-hydrogen) atoms. The van der Waals surface area contributed by atoms with Gasteiger partial charge in [0.25, 0.3) is 0 Å². The number of urea groups is 1. The van der Waals surface area contributed by atoms with E-state index in [0.29, 0.717) is 36.1 Å². The first-order valence-electron chi connectivity index (χ1n) is 11.9. The molecule has 3 rings (SSSR count). The van der Waals surface area contributed by atoms with Gasteiger partial charge in [0.1, 0.15) is 11.5 Å². The zero-order valence-electron chi connectivity index (χ0n) is 20.6. The number of anilines is 2. The average molecular weight is 567 g/mol. The molecule has 0 unspecified atom stereocenters. The van der Waals surface area contributed by atoms with Crippen molar-refractivity contribution < 1.29 is 37.4 Å². The number of hydroxylamine groups is 1. The minimum absolute atomic E-state index is 0.0630. The molecular weight excluding hydrogens is 541 g/mol. The number of hydrogen-bond acceptors (Lipinski definition) is 6. The molecule has 9 nitrogen and oxygen atoms in total. The smallest absolute Gasteiger partial charge is 0.417 e. The Bertz CT molecular complexity index is 1260. The normalized spacial score (nSPS) is 11.0. The number of unbranched alkanes of at least 4 members (excludes halogenated alkanes) is 3. The van der Waals surface area contributed by atoms with E-state index in [1.165, 1.54) is 6.07 Å². The Balaban J connectivity index is 1.45. The van der Waals surface area contributed by atoms with Crippen molar-refractivity contribution in [3.63, 3.8) is 0 Å². The number of rotatable bonds is 12. The molecular formula is C26H26ClF3N4O5.